The summed E-state index contributed by atoms with van der Waals surface area (Å²) in [6.45, 7) is 0.558. The number of carboxylic acids is 7. The minimum Gasteiger partial charge on any atom is -0.481 e. The van der Waals surface area contributed by atoms with Gasteiger partial charge in [0, 0.05) is 91.3 Å². The monoisotopic (exact) mass is 978 g/mol. The number of unbranched alkanes of at least 4 members (excludes halogenated alkanes) is 2. The first-order valence-electron chi connectivity index (χ1n) is 22.8. The van der Waals surface area contributed by atoms with Gasteiger partial charge in [-0.25, -0.2) is 14.4 Å². The summed E-state index contributed by atoms with van der Waals surface area (Å²) in [7, 11) is 1.92. The number of aliphatic carboxylic acids is 7. The van der Waals surface area contributed by atoms with Gasteiger partial charge in [0.2, 0.25) is 11.8 Å². The number of nitrogens with one attached hydrogen (secondary N) is 3. The van der Waals surface area contributed by atoms with Crippen LogP contribution in [0.3, 0.4) is 0 Å². The van der Waals surface area contributed by atoms with Gasteiger partial charge >= 0.3 is 47.8 Å². The normalized spacial score (nSPS) is 15.8. The highest BCUT2D eigenvalue weighted by Gasteiger charge is 2.29. The molecule has 0 bridgehead atoms. The molecule has 10 N–H and O–H groups in total. The molecule has 1 saturated heterocycles. The van der Waals surface area contributed by atoms with Crippen molar-refractivity contribution in [2.24, 2.45) is 0 Å². The molecule has 1 aromatic carbocycles. The van der Waals surface area contributed by atoms with Crippen molar-refractivity contribution < 1.29 is 83.7 Å². The second-order valence-corrected chi connectivity index (χ2v) is 16.9. The fourth-order valence-corrected chi connectivity index (χ4v) is 7.52. The Balaban J connectivity index is 1.99. The van der Waals surface area contributed by atoms with Crippen molar-refractivity contribution in [1.82, 2.24) is 40.4 Å². The Morgan fingerprint density at radius 1 is 0.551 bits per heavy atom. The van der Waals surface area contributed by atoms with Crippen molar-refractivity contribution in [2.75, 3.05) is 85.1 Å². The molecule has 0 saturated carbocycles. The van der Waals surface area contributed by atoms with Gasteiger partial charge in [-0.3, -0.25) is 53.2 Å². The first-order valence-corrected chi connectivity index (χ1v) is 22.8. The third-order valence-corrected chi connectivity index (χ3v) is 11.3. The SMILES string of the molecule is Bc1ccc(CN(CCCC[C@H](NC(=O)NC(CCC(=O)O)C(=O)O)C(=O)O)C(=O)CCCCNC(=O)CCC(C(=O)O)N2CCN(CC(=O)O)CCN(CC(=O)O)CCN(CC(=O)O)CC2)cc1. The molecule has 1 fully saturated rings. The zero-order valence-corrected chi connectivity index (χ0v) is 39.0. The van der Waals surface area contributed by atoms with E-state index in [2.05, 4.69) is 16.0 Å². The summed E-state index contributed by atoms with van der Waals surface area (Å²) >= 11 is 0. The lowest BCUT2D eigenvalue weighted by atomic mass is 9.95. The molecule has 1 aliphatic heterocycles. The Labute approximate surface area is 400 Å². The second kappa shape index (κ2) is 31.6. The molecule has 0 aliphatic carbocycles. The maximum Gasteiger partial charge on any atom is 0.326 e. The molecule has 26 heteroatoms. The highest BCUT2D eigenvalue weighted by Crippen LogP contribution is 2.13. The standard InChI is InChI=1S/C43H67BN8O17/c44-30-9-7-29(8-10-30)25-52(16-4-2-5-31(40(63)64)46-43(69)47-32(41(65)66)11-14-36(55)56)35(54)6-1-3-15-45-34(53)13-12-33(42(67)68)51-23-21-49(27-38(59)60)19-17-48(26-37(57)58)18-20-50(22-24-51)28-39(61)62/h7-10,31-33H,1-6,11-28,44H2,(H,45,53)(H,55,56)(H,57,58)(H,59,60)(H,61,62)(H,63,64)(H,65,66)(H,67,68)(H2,46,47,69)/t31-,32?,33?/m0/s1. The number of urea groups is 1. The third kappa shape index (κ3) is 25.5. The molecule has 2 unspecified atom stereocenters. The fraction of sp³-hybridized carbons (Fsp3) is 0.628. The Morgan fingerprint density at radius 2 is 1.04 bits per heavy atom. The Morgan fingerprint density at radius 3 is 1.51 bits per heavy atom. The summed E-state index contributed by atoms with van der Waals surface area (Å²) < 4.78 is 0. The molecule has 25 nitrogen and oxygen atoms in total. The van der Waals surface area contributed by atoms with Crippen LogP contribution in [0.4, 0.5) is 4.79 Å². The van der Waals surface area contributed by atoms with Gasteiger partial charge in [0.05, 0.1) is 19.6 Å². The summed E-state index contributed by atoms with van der Waals surface area (Å²) in [4.78, 5) is 128. The number of hydrogen-bond donors (Lipinski definition) is 10. The van der Waals surface area contributed by atoms with Gasteiger partial charge in [-0.2, -0.15) is 0 Å². The van der Waals surface area contributed by atoms with Crippen molar-refractivity contribution >= 4 is 72.9 Å². The number of carboxylic acid groups (broad SMARTS) is 7. The van der Waals surface area contributed by atoms with E-state index in [-0.39, 0.29) is 130 Å². The predicted octanol–water partition coefficient (Wildman–Crippen LogP) is -2.49. The fourth-order valence-electron chi connectivity index (χ4n) is 7.52. The van der Waals surface area contributed by atoms with Gasteiger partial charge in [0.1, 0.15) is 26.0 Å². The maximum absolute atomic E-state index is 13.5. The predicted molar refractivity (Wildman–Crippen MR) is 247 cm³/mol. The number of carbonyl (C=O) groups is 10. The number of amides is 4. The molecule has 0 aromatic heterocycles. The van der Waals surface area contributed by atoms with Gasteiger partial charge in [-0.15, -0.1) is 0 Å². The zero-order chi connectivity index (χ0) is 51.5. The summed E-state index contributed by atoms with van der Waals surface area (Å²) in [5.74, 6) is -9.35. The molecular formula is C43H67BN8O17. The van der Waals surface area contributed by atoms with Crippen LogP contribution in [-0.4, -0.2) is 231 Å². The molecule has 384 valence electrons. The second-order valence-electron chi connectivity index (χ2n) is 16.9. The molecule has 2 rings (SSSR count). The molecule has 3 atom stereocenters. The van der Waals surface area contributed by atoms with Crippen LogP contribution >= 0.6 is 0 Å². The summed E-state index contributed by atoms with van der Waals surface area (Å²) in [5, 5.41) is 73.6. The molecule has 1 aliphatic rings. The largest absolute Gasteiger partial charge is 0.481 e. The molecule has 1 heterocycles. The minimum absolute atomic E-state index is 0.0551. The van der Waals surface area contributed by atoms with E-state index >= 15 is 0 Å². The lowest BCUT2D eigenvalue weighted by Gasteiger charge is -2.35. The van der Waals surface area contributed by atoms with Gasteiger partial charge in [-0.05, 0) is 50.5 Å². The number of benzene rings is 1. The van der Waals surface area contributed by atoms with E-state index in [9.17, 15) is 78.6 Å². The quantitative estimate of drug-likeness (QED) is 0.0282. The molecular weight excluding hydrogens is 911 g/mol. The Bertz CT molecular complexity index is 1860. The number of hydrogen-bond acceptors (Lipinski definition) is 14. The molecule has 69 heavy (non-hydrogen) atoms. The van der Waals surface area contributed by atoms with Crippen LogP contribution in [0.25, 0.3) is 0 Å². The van der Waals surface area contributed by atoms with Gasteiger partial charge in [0.15, 0.2) is 0 Å². The van der Waals surface area contributed by atoms with Crippen LogP contribution in [0.15, 0.2) is 24.3 Å². The van der Waals surface area contributed by atoms with Crippen molar-refractivity contribution in [3.05, 3.63) is 29.8 Å². The smallest absolute Gasteiger partial charge is 0.326 e. The number of rotatable bonds is 30. The molecule has 0 spiro atoms. The van der Waals surface area contributed by atoms with Crippen LogP contribution in [-0.2, 0) is 49.7 Å². The van der Waals surface area contributed by atoms with Crippen LogP contribution < -0.4 is 21.4 Å². The van der Waals surface area contributed by atoms with E-state index in [0.717, 1.165) is 11.0 Å². The summed E-state index contributed by atoms with van der Waals surface area (Å²) in [6, 6.07) is 2.33. The van der Waals surface area contributed by atoms with E-state index < -0.39 is 84.7 Å². The topological polar surface area (TPSA) is 365 Å². The summed E-state index contributed by atoms with van der Waals surface area (Å²) in [6.07, 6.45) is 0.198. The Kier molecular flexibility index (Phi) is 26.9. The highest BCUT2D eigenvalue weighted by molar-refractivity contribution is 6.32. The van der Waals surface area contributed by atoms with Crippen molar-refractivity contribution in [3.63, 3.8) is 0 Å². The van der Waals surface area contributed by atoms with Crippen LogP contribution in [0.5, 0.6) is 0 Å². The van der Waals surface area contributed by atoms with Crippen LogP contribution in [0, 0.1) is 0 Å². The van der Waals surface area contributed by atoms with Crippen molar-refractivity contribution in [1.29, 1.82) is 0 Å². The van der Waals surface area contributed by atoms with E-state index in [1.165, 1.54) is 0 Å². The average molecular weight is 979 g/mol. The molecule has 4 amide bonds. The average Bonchev–Trinajstić information content (AvgIpc) is 3.25. The van der Waals surface area contributed by atoms with E-state index in [1.807, 2.05) is 32.1 Å². The number of nitrogens with zero attached hydrogens (tertiary/aromatic N) is 5. The molecule has 0 radical (unpaired) electrons. The minimum atomic E-state index is -1.55. The van der Waals surface area contributed by atoms with Gasteiger partial charge < -0.3 is 56.6 Å². The van der Waals surface area contributed by atoms with Crippen molar-refractivity contribution in [3.8, 4) is 0 Å². The zero-order valence-electron chi connectivity index (χ0n) is 39.0. The van der Waals surface area contributed by atoms with E-state index in [4.69, 9.17) is 5.11 Å². The first kappa shape index (κ1) is 58.7. The Hall–Kier alpha value is -6.38. The van der Waals surface area contributed by atoms with Crippen molar-refractivity contribution in [2.45, 2.75) is 88.9 Å². The third-order valence-electron chi connectivity index (χ3n) is 11.3. The molecule has 1 aromatic rings. The van der Waals surface area contributed by atoms with E-state index in [0.29, 0.717) is 19.3 Å². The van der Waals surface area contributed by atoms with Gasteiger partial charge in [0.25, 0.3) is 0 Å². The maximum atomic E-state index is 13.5. The summed E-state index contributed by atoms with van der Waals surface area (Å²) in [5.41, 5.74) is 1.87. The highest BCUT2D eigenvalue weighted by atomic mass is 16.4. The number of carbonyl (C=O) groups excluding carboxylic acids is 3. The lowest BCUT2D eigenvalue weighted by molar-refractivity contribution is -0.145. The first-order chi connectivity index (χ1) is 32.6. The van der Waals surface area contributed by atoms with E-state index in [1.54, 1.807) is 24.5 Å². The van der Waals surface area contributed by atoms with Crippen LogP contribution in [0.2, 0.25) is 0 Å². The lowest BCUT2D eigenvalue weighted by Crippen LogP contribution is -2.52. The van der Waals surface area contributed by atoms with Gasteiger partial charge in [-0.1, -0.05) is 29.7 Å². The van der Waals surface area contributed by atoms with Crippen LogP contribution in [0.1, 0.15) is 69.8 Å².